The molecule has 0 bridgehead atoms. The number of carbonyl (C=O) groups excluding carboxylic acids is 1. The Labute approximate surface area is 145 Å². The van der Waals surface area contributed by atoms with Crippen molar-refractivity contribution in [3.8, 4) is 11.4 Å². The van der Waals surface area contributed by atoms with E-state index in [1.807, 2.05) is 54.6 Å². The SMILES string of the molecule is CCCc1ccc(C(=O)CSc2n[nH]c(-c3ccccc3)n2)cc1. The van der Waals surface area contributed by atoms with Crippen LogP contribution in [0.3, 0.4) is 0 Å². The fraction of sp³-hybridized carbons (Fsp3) is 0.211. The van der Waals surface area contributed by atoms with Crippen molar-refractivity contribution in [3.63, 3.8) is 0 Å². The van der Waals surface area contributed by atoms with Gasteiger partial charge in [0, 0.05) is 11.1 Å². The van der Waals surface area contributed by atoms with E-state index in [0.717, 1.165) is 29.8 Å². The first-order chi connectivity index (χ1) is 11.8. The van der Waals surface area contributed by atoms with E-state index in [-0.39, 0.29) is 5.78 Å². The van der Waals surface area contributed by atoms with Crippen LogP contribution in [-0.2, 0) is 6.42 Å². The van der Waals surface area contributed by atoms with Gasteiger partial charge in [0.05, 0.1) is 5.75 Å². The Hall–Kier alpha value is -2.40. The number of hydrogen-bond acceptors (Lipinski definition) is 4. The number of rotatable bonds is 7. The molecule has 0 atom stereocenters. The lowest BCUT2D eigenvalue weighted by Crippen LogP contribution is -2.02. The summed E-state index contributed by atoms with van der Waals surface area (Å²) in [6.07, 6.45) is 2.15. The molecule has 122 valence electrons. The zero-order valence-electron chi connectivity index (χ0n) is 13.5. The van der Waals surface area contributed by atoms with E-state index in [1.54, 1.807) is 0 Å². The summed E-state index contributed by atoms with van der Waals surface area (Å²) >= 11 is 1.35. The number of H-pyrrole nitrogens is 1. The number of hydrogen-bond donors (Lipinski definition) is 1. The molecule has 24 heavy (non-hydrogen) atoms. The number of aromatic nitrogens is 3. The molecular formula is C19H19N3OS. The molecule has 5 heteroatoms. The first kappa shape index (κ1) is 16.5. The maximum atomic E-state index is 12.3. The average Bonchev–Trinajstić information content (AvgIpc) is 3.10. The maximum absolute atomic E-state index is 12.3. The number of carbonyl (C=O) groups is 1. The standard InChI is InChI=1S/C19H19N3OS/c1-2-6-14-9-11-15(12-10-14)17(23)13-24-19-20-18(21-22-19)16-7-4-3-5-8-16/h3-5,7-12H,2,6,13H2,1H3,(H,20,21,22). The highest BCUT2D eigenvalue weighted by Gasteiger charge is 2.10. The second-order valence-electron chi connectivity index (χ2n) is 5.49. The van der Waals surface area contributed by atoms with Crippen molar-refractivity contribution < 1.29 is 4.79 Å². The highest BCUT2D eigenvalue weighted by atomic mass is 32.2. The number of thioether (sulfide) groups is 1. The Balaban J connectivity index is 1.59. The molecule has 0 saturated heterocycles. The van der Waals surface area contributed by atoms with Crippen molar-refractivity contribution in [2.75, 3.05) is 5.75 Å². The van der Waals surface area contributed by atoms with Crippen LogP contribution in [0.5, 0.6) is 0 Å². The van der Waals surface area contributed by atoms with E-state index >= 15 is 0 Å². The van der Waals surface area contributed by atoms with E-state index in [1.165, 1.54) is 17.3 Å². The lowest BCUT2D eigenvalue weighted by atomic mass is 10.1. The van der Waals surface area contributed by atoms with Gasteiger partial charge in [0.1, 0.15) is 0 Å². The molecule has 3 aromatic rings. The molecule has 1 aromatic heterocycles. The van der Waals surface area contributed by atoms with Gasteiger partial charge in [0.2, 0.25) is 5.16 Å². The number of ketones is 1. The Morgan fingerprint density at radius 1 is 1.08 bits per heavy atom. The number of benzene rings is 2. The van der Waals surface area contributed by atoms with Gasteiger partial charge in [-0.25, -0.2) is 4.98 Å². The minimum Gasteiger partial charge on any atom is -0.293 e. The first-order valence-corrected chi connectivity index (χ1v) is 8.97. The smallest absolute Gasteiger partial charge is 0.209 e. The molecule has 3 rings (SSSR count). The van der Waals surface area contributed by atoms with Crippen LogP contribution in [0.2, 0.25) is 0 Å². The fourth-order valence-electron chi connectivity index (χ4n) is 2.40. The number of nitrogens with zero attached hydrogens (tertiary/aromatic N) is 2. The van der Waals surface area contributed by atoms with Gasteiger partial charge < -0.3 is 0 Å². The molecule has 0 aliphatic carbocycles. The third-order valence-corrected chi connectivity index (χ3v) is 4.51. The quantitative estimate of drug-likeness (QED) is 0.513. The highest BCUT2D eigenvalue weighted by Crippen LogP contribution is 2.20. The van der Waals surface area contributed by atoms with Crippen LogP contribution in [0, 0.1) is 0 Å². The van der Waals surface area contributed by atoms with Gasteiger partial charge in [-0.05, 0) is 12.0 Å². The fourth-order valence-corrected chi connectivity index (χ4v) is 3.09. The van der Waals surface area contributed by atoms with Crippen LogP contribution in [0.4, 0.5) is 0 Å². The van der Waals surface area contributed by atoms with Gasteiger partial charge in [-0.1, -0.05) is 79.7 Å². The Kier molecular flexibility index (Phi) is 5.43. The maximum Gasteiger partial charge on any atom is 0.209 e. The molecule has 1 N–H and O–H groups in total. The molecule has 2 aromatic carbocycles. The van der Waals surface area contributed by atoms with Crippen LogP contribution >= 0.6 is 11.8 Å². The van der Waals surface area contributed by atoms with Crippen molar-refractivity contribution in [2.24, 2.45) is 0 Å². The summed E-state index contributed by atoms with van der Waals surface area (Å²) < 4.78 is 0. The minimum atomic E-state index is 0.0918. The Bertz CT molecular complexity index is 797. The predicted octanol–water partition coefficient (Wildman–Crippen LogP) is 4.40. The summed E-state index contributed by atoms with van der Waals surface area (Å²) in [6, 6.07) is 17.7. The molecule has 0 aliphatic heterocycles. The van der Waals surface area contributed by atoms with Gasteiger partial charge in [0.15, 0.2) is 11.6 Å². The average molecular weight is 337 g/mol. The minimum absolute atomic E-state index is 0.0918. The number of nitrogens with one attached hydrogen (secondary N) is 1. The van der Waals surface area contributed by atoms with Crippen molar-refractivity contribution in [2.45, 2.75) is 24.9 Å². The van der Waals surface area contributed by atoms with Crippen LogP contribution in [0.15, 0.2) is 59.8 Å². The molecule has 0 aliphatic rings. The van der Waals surface area contributed by atoms with Crippen LogP contribution < -0.4 is 0 Å². The second-order valence-corrected chi connectivity index (χ2v) is 6.43. The normalized spacial score (nSPS) is 10.7. The van der Waals surface area contributed by atoms with Crippen LogP contribution in [0.25, 0.3) is 11.4 Å². The van der Waals surface area contributed by atoms with Crippen molar-refractivity contribution in [1.29, 1.82) is 0 Å². The van der Waals surface area contributed by atoms with Crippen molar-refractivity contribution >= 4 is 17.5 Å². The third-order valence-electron chi connectivity index (χ3n) is 3.66. The Morgan fingerprint density at radius 3 is 2.54 bits per heavy atom. The summed E-state index contributed by atoms with van der Waals surface area (Å²) in [4.78, 5) is 16.7. The molecule has 0 amide bonds. The van der Waals surface area contributed by atoms with Crippen molar-refractivity contribution in [3.05, 3.63) is 65.7 Å². The summed E-state index contributed by atoms with van der Waals surface area (Å²) in [5.74, 6) is 1.14. The largest absolute Gasteiger partial charge is 0.293 e. The Morgan fingerprint density at radius 2 is 1.83 bits per heavy atom. The highest BCUT2D eigenvalue weighted by molar-refractivity contribution is 7.99. The lowest BCUT2D eigenvalue weighted by molar-refractivity contribution is 0.102. The summed E-state index contributed by atoms with van der Waals surface area (Å²) in [7, 11) is 0. The van der Waals surface area contributed by atoms with Gasteiger partial charge in [-0.15, -0.1) is 5.10 Å². The number of Topliss-reactive ketones (excluding diaryl/α,β-unsaturated/α-hetero) is 1. The molecule has 0 radical (unpaired) electrons. The van der Waals surface area contributed by atoms with Gasteiger partial charge in [-0.3, -0.25) is 9.89 Å². The summed E-state index contributed by atoms with van der Waals surface area (Å²) in [5, 5.41) is 7.67. The topological polar surface area (TPSA) is 58.6 Å². The molecule has 0 unspecified atom stereocenters. The van der Waals surface area contributed by atoms with Gasteiger partial charge >= 0.3 is 0 Å². The van der Waals surface area contributed by atoms with E-state index in [2.05, 4.69) is 22.1 Å². The van der Waals surface area contributed by atoms with Crippen LogP contribution in [-0.4, -0.2) is 26.7 Å². The second kappa shape index (κ2) is 7.93. The van der Waals surface area contributed by atoms with Gasteiger partial charge in [-0.2, -0.15) is 0 Å². The molecule has 4 nitrogen and oxygen atoms in total. The van der Waals surface area contributed by atoms with E-state index in [0.29, 0.717) is 10.9 Å². The zero-order valence-corrected chi connectivity index (χ0v) is 14.3. The molecule has 0 fully saturated rings. The van der Waals surface area contributed by atoms with Crippen molar-refractivity contribution in [1.82, 2.24) is 15.2 Å². The lowest BCUT2D eigenvalue weighted by Gasteiger charge is -2.02. The predicted molar refractivity (Wildman–Crippen MR) is 97.3 cm³/mol. The third kappa shape index (κ3) is 4.11. The monoisotopic (exact) mass is 337 g/mol. The summed E-state index contributed by atoms with van der Waals surface area (Å²) in [5.41, 5.74) is 2.99. The number of aryl methyl sites for hydroxylation is 1. The van der Waals surface area contributed by atoms with E-state index in [4.69, 9.17) is 0 Å². The van der Waals surface area contributed by atoms with Crippen LogP contribution in [0.1, 0.15) is 29.3 Å². The summed E-state index contributed by atoms with van der Waals surface area (Å²) in [6.45, 7) is 2.15. The number of aromatic amines is 1. The van der Waals surface area contributed by atoms with E-state index < -0.39 is 0 Å². The first-order valence-electron chi connectivity index (χ1n) is 7.99. The molecular weight excluding hydrogens is 318 g/mol. The molecule has 1 heterocycles. The van der Waals surface area contributed by atoms with E-state index in [9.17, 15) is 4.79 Å². The molecule has 0 saturated carbocycles. The van der Waals surface area contributed by atoms with Gasteiger partial charge in [0.25, 0.3) is 0 Å². The molecule has 0 spiro atoms. The zero-order chi connectivity index (χ0) is 16.8.